The van der Waals surface area contributed by atoms with Crippen LogP contribution >= 0.6 is 0 Å². The molecule has 0 aromatic heterocycles. The van der Waals surface area contributed by atoms with E-state index in [9.17, 15) is 4.79 Å². The first-order valence-corrected chi connectivity index (χ1v) is 7.82. The monoisotopic (exact) mass is 290 g/mol. The van der Waals surface area contributed by atoms with Gasteiger partial charge in [0.2, 0.25) is 0 Å². The van der Waals surface area contributed by atoms with Crippen molar-refractivity contribution in [2.75, 3.05) is 33.3 Å². The highest BCUT2D eigenvalue weighted by Gasteiger charge is 2.23. The predicted octanol–water partition coefficient (Wildman–Crippen LogP) is 2.29. The van der Waals surface area contributed by atoms with Crippen LogP contribution in [-0.2, 0) is 11.3 Å². The molecule has 1 aromatic rings. The molecule has 1 fully saturated rings. The molecule has 0 aliphatic carbocycles. The molecule has 4 heteroatoms. The van der Waals surface area contributed by atoms with Crippen LogP contribution in [0.1, 0.15) is 35.7 Å². The van der Waals surface area contributed by atoms with E-state index in [-0.39, 0.29) is 5.91 Å². The smallest absolute Gasteiger partial charge is 0.253 e. The zero-order chi connectivity index (χ0) is 15.1. The number of benzene rings is 1. The maximum atomic E-state index is 12.5. The van der Waals surface area contributed by atoms with Crippen LogP contribution in [-0.4, -0.2) is 44.1 Å². The van der Waals surface area contributed by atoms with E-state index in [4.69, 9.17) is 4.74 Å². The standard InChI is InChI=1S/C17H26N2O2/c1-3-18-12-14-8-10-19(11-9-14)17(20)16-6-4-15(5-7-16)13-21-2/h4-7,14,18H,3,8-13H2,1-2H3. The number of likely N-dealkylation sites (tertiary alicyclic amines) is 1. The van der Waals surface area contributed by atoms with Gasteiger partial charge in [-0.3, -0.25) is 4.79 Å². The fraction of sp³-hybridized carbons (Fsp3) is 0.588. The summed E-state index contributed by atoms with van der Waals surface area (Å²) in [5.74, 6) is 0.860. The number of hydrogen-bond donors (Lipinski definition) is 1. The van der Waals surface area contributed by atoms with Crippen LogP contribution < -0.4 is 5.32 Å². The average Bonchev–Trinajstić information content (AvgIpc) is 2.54. The van der Waals surface area contributed by atoms with E-state index in [1.54, 1.807) is 7.11 Å². The summed E-state index contributed by atoms with van der Waals surface area (Å²) in [4.78, 5) is 14.4. The van der Waals surface area contributed by atoms with Gasteiger partial charge in [-0.25, -0.2) is 0 Å². The third-order valence-electron chi connectivity index (χ3n) is 4.10. The largest absolute Gasteiger partial charge is 0.380 e. The van der Waals surface area contributed by atoms with Gasteiger partial charge < -0.3 is 15.0 Å². The van der Waals surface area contributed by atoms with E-state index >= 15 is 0 Å². The molecule has 1 heterocycles. The van der Waals surface area contributed by atoms with Gasteiger partial charge in [0, 0.05) is 25.8 Å². The molecule has 1 saturated heterocycles. The highest BCUT2D eigenvalue weighted by atomic mass is 16.5. The van der Waals surface area contributed by atoms with Crippen LogP contribution in [0.25, 0.3) is 0 Å². The van der Waals surface area contributed by atoms with E-state index < -0.39 is 0 Å². The van der Waals surface area contributed by atoms with Crippen molar-refractivity contribution in [1.82, 2.24) is 10.2 Å². The molecule has 0 radical (unpaired) electrons. The Labute approximate surface area is 127 Å². The van der Waals surface area contributed by atoms with E-state index in [0.29, 0.717) is 12.5 Å². The summed E-state index contributed by atoms with van der Waals surface area (Å²) in [6.45, 7) is 6.55. The minimum Gasteiger partial charge on any atom is -0.380 e. The first kappa shape index (κ1) is 16.0. The van der Waals surface area contributed by atoms with E-state index in [1.165, 1.54) is 0 Å². The number of nitrogens with zero attached hydrogens (tertiary/aromatic N) is 1. The van der Waals surface area contributed by atoms with Gasteiger partial charge in [0.05, 0.1) is 6.61 Å². The zero-order valence-electron chi connectivity index (χ0n) is 13.1. The number of carbonyl (C=O) groups excluding carboxylic acids is 1. The molecule has 0 atom stereocenters. The molecule has 0 spiro atoms. The molecule has 1 aliphatic heterocycles. The summed E-state index contributed by atoms with van der Waals surface area (Å²) in [6.07, 6.45) is 2.20. The third-order valence-corrected chi connectivity index (χ3v) is 4.10. The maximum Gasteiger partial charge on any atom is 0.253 e. The molecule has 0 bridgehead atoms. The second-order valence-corrected chi connectivity index (χ2v) is 5.67. The van der Waals surface area contributed by atoms with Crippen molar-refractivity contribution in [3.05, 3.63) is 35.4 Å². The Morgan fingerprint density at radius 3 is 2.52 bits per heavy atom. The van der Waals surface area contributed by atoms with Crippen molar-refractivity contribution in [3.63, 3.8) is 0 Å². The molecule has 0 saturated carbocycles. The summed E-state index contributed by atoms with van der Waals surface area (Å²) in [5, 5.41) is 3.40. The van der Waals surface area contributed by atoms with Crippen molar-refractivity contribution < 1.29 is 9.53 Å². The predicted molar refractivity (Wildman–Crippen MR) is 84.3 cm³/mol. The number of ether oxygens (including phenoxy) is 1. The lowest BCUT2D eigenvalue weighted by atomic mass is 9.96. The minimum atomic E-state index is 0.154. The topological polar surface area (TPSA) is 41.6 Å². The van der Waals surface area contributed by atoms with E-state index in [2.05, 4.69) is 12.2 Å². The van der Waals surface area contributed by atoms with Crippen molar-refractivity contribution >= 4 is 5.91 Å². The Balaban J connectivity index is 1.86. The molecular formula is C17H26N2O2. The Morgan fingerprint density at radius 2 is 1.95 bits per heavy atom. The summed E-state index contributed by atoms with van der Waals surface area (Å²) in [5.41, 5.74) is 1.87. The molecule has 1 amide bonds. The Morgan fingerprint density at radius 1 is 1.29 bits per heavy atom. The van der Waals surface area contributed by atoms with Gasteiger partial charge in [0.25, 0.3) is 5.91 Å². The Hall–Kier alpha value is -1.39. The Kier molecular flexibility index (Phi) is 6.21. The van der Waals surface area contributed by atoms with Crippen molar-refractivity contribution in [2.24, 2.45) is 5.92 Å². The molecule has 4 nitrogen and oxygen atoms in total. The number of carbonyl (C=O) groups is 1. The van der Waals surface area contributed by atoms with Gasteiger partial charge in [-0.15, -0.1) is 0 Å². The summed E-state index contributed by atoms with van der Waals surface area (Å²) in [7, 11) is 1.68. The first-order valence-electron chi connectivity index (χ1n) is 7.82. The van der Waals surface area contributed by atoms with Gasteiger partial charge >= 0.3 is 0 Å². The first-order chi connectivity index (χ1) is 10.2. The fourth-order valence-electron chi connectivity index (χ4n) is 2.78. The summed E-state index contributed by atoms with van der Waals surface area (Å²) >= 11 is 0. The van der Waals surface area contributed by atoms with Gasteiger partial charge in [0.1, 0.15) is 0 Å². The molecule has 1 N–H and O–H groups in total. The Bertz CT molecular complexity index is 437. The molecule has 1 aliphatic rings. The average molecular weight is 290 g/mol. The number of piperidine rings is 1. The number of nitrogens with one attached hydrogen (secondary N) is 1. The van der Waals surface area contributed by atoms with Crippen LogP contribution in [0.2, 0.25) is 0 Å². The van der Waals surface area contributed by atoms with Crippen LogP contribution in [0.5, 0.6) is 0 Å². The lowest BCUT2D eigenvalue weighted by molar-refractivity contribution is 0.0690. The van der Waals surface area contributed by atoms with Gasteiger partial charge in [-0.2, -0.15) is 0 Å². The van der Waals surface area contributed by atoms with Gasteiger partial charge in [-0.05, 0) is 49.5 Å². The molecule has 1 aromatic carbocycles. The summed E-state index contributed by atoms with van der Waals surface area (Å²) in [6, 6.07) is 7.74. The molecule has 0 unspecified atom stereocenters. The second kappa shape index (κ2) is 8.15. The number of amides is 1. The van der Waals surface area contributed by atoms with E-state index in [0.717, 1.165) is 50.1 Å². The lowest BCUT2D eigenvalue weighted by Gasteiger charge is -2.32. The van der Waals surface area contributed by atoms with Crippen LogP contribution in [0, 0.1) is 5.92 Å². The third kappa shape index (κ3) is 4.55. The number of rotatable bonds is 6. The SMILES string of the molecule is CCNCC1CCN(C(=O)c2ccc(COC)cc2)CC1. The van der Waals surface area contributed by atoms with Crippen LogP contribution in [0.15, 0.2) is 24.3 Å². The number of hydrogen-bond acceptors (Lipinski definition) is 3. The molecule has 116 valence electrons. The van der Waals surface area contributed by atoms with Crippen LogP contribution in [0.3, 0.4) is 0 Å². The highest BCUT2D eigenvalue weighted by molar-refractivity contribution is 5.94. The number of methoxy groups -OCH3 is 1. The fourth-order valence-corrected chi connectivity index (χ4v) is 2.78. The quantitative estimate of drug-likeness (QED) is 0.874. The normalized spacial score (nSPS) is 16.2. The van der Waals surface area contributed by atoms with Gasteiger partial charge in [0.15, 0.2) is 0 Å². The van der Waals surface area contributed by atoms with Gasteiger partial charge in [-0.1, -0.05) is 19.1 Å². The minimum absolute atomic E-state index is 0.154. The zero-order valence-corrected chi connectivity index (χ0v) is 13.1. The van der Waals surface area contributed by atoms with Crippen molar-refractivity contribution in [2.45, 2.75) is 26.4 Å². The van der Waals surface area contributed by atoms with E-state index in [1.807, 2.05) is 29.2 Å². The maximum absolute atomic E-state index is 12.5. The van der Waals surface area contributed by atoms with Crippen molar-refractivity contribution in [1.29, 1.82) is 0 Å². The lowest BCUT2D eigenvalue weighted by Crippen LogP contribution is -2.40. The summed E-state index contributed by atoms with van der Waals surface area (Å²) < 4.78 is 5.09. The molecule has 21 heavy (non-hydrogen) atoms. The molecular weight excluding hydrogens is 264 g/mol. The highest BCUT2D eigenvalue weighted by Crippen LogP contribution is 2.18. The van der Waals surface area contributed by atoms with Crippen molar-refractivity contribution in [3.8, 4) is 0 Å². The second-order valence-electron chi connectivity index (χ2n) is 5.67. The molecule has 2 rings (SSSR count). The van der Waals surface area contributed by atoms with Crippen LogP contribution in [0.4, 0.5) is 0 Å².